The second kappa shape index (κ2) is 8.37. The van der Waals surface area contributed by atoms with E-state index in [1.165, 1.54) is 12.1 Å². The standard InChI is InChI=1S/C17H21ClN2O3S/c1-20(2)12-5-13-23-14-8-10-15(11-9-14)24(21,22)19-17-7-4-3-6-16(17)18/h3-4,6-11,19H,5,12-13H2,1-2H3. The second-order valence-corrected chi connectivity index (χ2v) is 7.65. The summed E-state index contributed by atoms with van der Waals surface area (Å²) >= 11 is 5.99. The predicted molar refractivity (Wildman–Crippen MR) is 97.4 cm³/mol. The third-order valence-electron chi connectivity index (χ3n) is 3.27. The highest BCUT2D eigenvalue weighted by Gasteiger charge is 2.15. The summed E-state index contributed by atoms with van der Waals surface area (Å²) in [4.78, 5) is 2.24. The number of nitrogens with zero attached hydrogens (tertiary/aromatic N) is 1. The molecule has 0 spiro atoms. The van der Waals surface area contributed by atoms with Gasteiger partial charge in [-0.2, -0.15) is 0 Å². The number of rotatable bonds is 8. The van der Waals surface area contributed by atoms with E-state index < -0.39 is 10.0 Å². The molecule has 0 aliphatic heterocycles. The van der Waals surface area contributed by atoms with Gasteiger partial charge in [0.2, 0.25) is 0 Å². The fourth-order valence-corrected chi connectivity index (χ4v) is 3.35. The molecule has 0 radical (unpaired) electrons. The molecule has 0 aliphatic carbocycles. The molecule has 0 fully saturated rings. The van der Waals surface area contributed by atoms with Crippen LogP contribution >= 0.6 is 11.6 Å². The number of sulfonamides is 1. The zero-order valence-corrected chi connectivity index (χ0v) is 15.3. The van der Waals surface area contributed by atoms with Crippen LogP contribution < -0.4 is 9.46 Å². The molecule has 2 aromatic carbocycles. The van der Waals surface area contributed by atoms with Crippen molar-refractivity contribution >= 4 is 27.3 Å². The maximum absolute atomic E-state index is 12.4. The summed E-state index contributed by atoms with van der Waals surface area (Å²) in [5.74, 6) is 0.644. The molecule has 0 heterocycles. The molecule has 0 unspecified atom stereocenters. The lowest BCUT2D eigenvalue weighted by atomic mass is 10.3. The molecule has 1 N–H and O–H groups in total. The van der Waals surface area contributed by atoms with Gasteiger partial charge in [-0.15, -0.1) is 0 Å². The van der Waals surface area contributed by atoms with Gasteiger partial charge in [0.05, 0.1) is 22.2 Å². The average Bonchev–Trinajstić information content (AvgIpc) is 2.54. The maximum atomic E-state index is 12.4. The molecular weight excluding hydrogens is 348 g/mol. The van der Waals surface area contributed by atoms with Crippen molar-refractivity contribution in [2.24, 2.45) is 0 Å². The van der Waals surface area contributed by atoms with Crippen molar-refractivity contribution < 1.29 is 13.2 Å². The lowest BCUT2D eigenvalue weighted by molar-refractivity contribution is 0.281. The van der Waals surface area contributed by atoms with Gasteiger partial charge in [0.1, 0.15) is 5.75 Å². The number of hydrogen-bond donors (Lipinski definition) is 1. The van der Waals surface area contributed by atoms with E-state index >= 15 is 0 Å². The van der Waals surface area contributed by atoms with E-state index in [0.29, 0.717) is 23.1 Å². The first-order valence-electron chi connectivity index (χ1n) is 7.53. The van der Waals surface area contributed by atoms with Crippen LogP contribution in [-0.2, 0) is 10.0 Å². The Hall–Kier alpha value is -1.76. The molecule has 2 aromatic rings. The number of para-hydroxylation sites is 1. The van der Waals surface area contributed by atoms with Crippen LogP contribution in [0.25, 0.3) is 0 Å². The minimum atomic E-state index is -3.69. The Balaban J connectivity index is 2.00. The fourth-order valence-electron chi connectivity index (χ4n) is 2.03. The molecule has 0 aromatic heterocycles. The highest BCUT2D eigenvalue weighted by molar-refractivity contribution is 7.92. The van der Waals surface area contributed by atoms with E-state index in [1.807, 2.05) is 14.1 Å². The zero-order chi connectivity index (χ0) is 17.6. The molecule has 0 saturated carbocycles. The van der Waals surface area contributed by atoms with E-state index in [1.54, 1.807) is 36.4 Å². The van der Waals surface area contributed by atoms with Crippen LogP contribution in [0, 0.1) is 0 Å². The molecule has 5 nitrogen and oxygen atoms in total. The van der Waals surface area contributed by atoms with Gasteiger partial charge in [-0.1, -0.05) is 23.7 Å². The second-order valence-electron chi connectivity index (χ2n) is 5.56. The van der Waals surface area contributed by atoms with Crippen LogP contribution in [0.4, 0.5) is 5.69 Å². The van der Waals surface area contributed by atoms with Crippen LogP contribution in [0.5, 0.6) is 5.75 Å². The molecule has 0 atom stereocenters. The summed E-state index contributed by atoms with van der Waals surface area (Å²) in [5, 5.41) is 0.349. The summed E-state index contributed by atoms with van der Waals surface area (Å²) in [6, 6.07) is 13.0. The van der Waals surface area contributed by atoms with Crippen molar-refractivity contribution in [2.45, 2.75) is 11.3 Å². The quantitative estimate of drug-likeness (QED) is 0.725. The van der Waals surface area contributed by atoms with Crippen molar-refractivity contribution in [3.05, 3.63) is 53.6 Å². The normalized spacial score (nSPS) is 11.5. The van der Waals surface area contributed by atoms with Crippen molar-refractivity contribution in [1.82, 2.24) is 4.90 Å². The van der Waals surface area contributed by atoms with Crippen LogP contribution in [0.3, 0.4) is 0 Å². The third kappa shape index (κ3) is 5.40. The van der Waals surface area contributed by atoms with E-state index in [-0.39, 0.29) is 4.90 Å². The van der Waals surface area contributed by atoms with Gasteiger partial charge in [-0.3, -0.25) is 4.72 Å². The summed E-state index contributed by atoms with van der Waals surface area (Å²) < 4.78 is 32.8. The fraction of sp³-hybridized carbons (Fsp3) is 0.294. The Morgan fingerprint density at radius 3 is 2.38 bits per heavy atom. The Morgan fingerprint density at radius 1 is 1.08 bits per heavy atom. The first-order chi connectivity index (χ1) is 11.4. The molecule has 0 aliphatic rings. The van der Waals surface area contributed by atoms with Gasteiger partial charge in [0.25, 0.3) is 10.0 Å². The Morgan fingerprint density at radius 2 is 1.75 bits per heavy atom. The number of benzene rings is 2. The first-order valence-corrected chi connectivity index (χ1v) is 9.39. The van der Waals surface area contributed by atoms with Crippen molar-refractivity contribution in [2.75, 3.05) is 32.0 Å². The molecular formula is C17H21ClN2O3S. The van der Waals surface area contributed by atoms with Crippen LogP contribution in [0.1, 0.15) is 6.42 Å². The van der Waals surface area contributed by atoms with E-state index in [2.05, 4.69) is 9.62 Å². The number of ether oxygens (including phenoxy) is 1. The van der Waals surface area contributed by atoms with Crippen LogP contribution in [0.2, 0.25) is 5.02 Å². The first kappa shape index (κ1) is 18.6. The van der Waals surface area contributed by atoms with Crippen LogP contribution in [-0.4, -0.2) is 40.6 Å². The summed E-state index contributed by atoms with van der Waals surface area (Å²) in [6.45, 7) is 1.52. The molecule has 2 rings (SSSR count). The Bertz CT molecular complexity index is 762. The van der Waals surface area contributed by atoms with Gasteiger partial charge in [-0.05, 0) is 56.9 Å². The maximum Gasteiger partial charge on any atom is 0.261 e. The zero-order valence-electron chi connectivity index (χ0n) is 13.7. The number of halogens is 1. The topological polar surface area (TPSA) is 58.6 Å². The molecule has 130 valence electrons. The third-order valence-corrected chi connectivity index (χ3v) is 4.98. The molecule has 0 bridgehead atoms. The van der Waals surface area contributed by atoms with Gasteiger partial charge in [0, 0.05) is 6.54 Å². The van der Waals surface area contributed by atoms with Gasteiger partial charge in [-0.25, -0.2) is 8.42 Å². The van der Waals surface area contributed by atoms with Crippen molar-refractivity contribution in [3.8, 4) is 5.75 Å². The van der Waals surface area contributed by atoms with Crippen LogP contribution in [0.15, 0.2) is 53.4 Å². The smallest absolute Gasteiger partial charge is 0.261 e. The number of hydrogen-bond acceptors (Lipinski definition) is 4. The van der Waals surface area contributed by atoms with Gasteiger partial charge < -0.3 is 9.64 Å². The monoisotopic (exact) mass is 368 g/mol. The van der Waals surface area contributed by atoms with Gasteiger partial charge >= 0.3 is 0 Å². The van der Waals surface area contributed by atoms with E-state index in [4.69, 9.17) is 16.3 Å². The van der Waals surface area contributed by atoms with Gasteiger partial charge in [0.15, 0.2) is 0 Å². The summed E-state index contributed by atoms with van der Waals surface area (Å²) in [7, 11) is 0.326. The minimum Gasteiger partial charge on any atom is -0.494 e. The largest absolute Gasteiger partial charge is 0.494 e. The summed E-state index contributed by atoms with van der Waals surface area (Å²) in [5.41, 5.74) is 0.350. The minimum absolute atomic E-state index is 0.156. The Kier molecular flexibility index (Phi) is 6.48. The molecule has 24 heavy (non-hydrogen) atoms. The average molecular weight is 369 g/mol. The summed E-state index contributed by atoms with van der Waals surface area (Å²) in [6.07, 6.45) is 0.904. The predicted octanol–water partition coefficient (Wildman–Crippen LogP) is 3.47. The lowest BCUT2D eigenvalue weighted by Gasteiger charge is -2.12. The SMILES string of the molecule is CN(C)CCCOc1ccc(S(=O)(=O)Nc2ccccc2Cl)cc1. The molecule has 0 saturated heterocycles. The van der Waals surface area contributed by atoms with Crippen molar-refractivity contribution in [3.63, 3.8) is 0 Å². The lowest BCUT2D eigenvalue weighted by Crippen LogP contribution is -2.15. The van der Waals surface area contributed by atoms with E-state index in [9.17, 15) is 8.42 Å². The molecule has 0 amide bonds. The van der Waals surface area contributed by atoms with Crippen molar-refractivity contribution in [1.29, 1.82) is 0 Å². The molecule has 7 heteroatoms. The number of nitrogens with one attached hydrogen (secondary N) is 1. The highest BCUT2D eigenvalue weighted by atomic mass is 35.5. The van der Waals surface area contributed by atoms with E-state index in [0.717, 1.165) is 13.0 Å². The Labute approximate surface area is 148 Å². The highest BCUT2D eigenvalue weighted by Crippen LogP contribution is 2.24. The number of anilines is 1.